The van der Waals surface area contributed by atoms with Gasteiger partial charge in [0.25, 0.3) is 5.91 Å². The van der Waals surface area contributed by atoms with Crippen molar-refractivity contribution >= 4 is 17.5 Å². The van der Waals surface area contributed by atoms with Gasteiger partial charge in [-0.3, -0.25) is 4.79 Å². The first-order valence-corrected chi connectivity index (χ1v) is 6.77. The Kier molecular flexibility index (Phi) is 4.25. The summed E-state index contributed by atoms with van der Waals surface area (Å²) in [4.78, 5) is 14.2. The maximum absolute atomic E-state index is 12.3. The summed E-state index contributed by atoms with van der Waals surface area (Å²) in [6.45, 7) is 7.44. The number of nitrogens with one attached hydrogen (secondary N) is 1. The van der Waals surface area contributed by atoms with E-state index in [0.29, 0.717) is 16.5 Å². The molecule has 1 heterocycles. The molecule has 0 unspecified atom stereocenters. The molecule has 1 aromatic carbocycles. The van der Waals surface area contributed by atoms with Gasteiger partial charge in [0.2, 0.25) is 0 Å². The zero-order valence-electron chi connectivity index (χ0n) is 10.9. The van der Waals surface area contributed by atoms with Crippen LogP contribution in [0.25, 0.3) is 0 Å². The van der Waals surface area contributed by atoms with Crippen molar-refractivity contribution in [2.75, 3.05) is 26.2 Å². The van der Waals surface area contributed by atoms with E-state index in [9.17, 15) is 4.79 Å². The van der Waals surface area contributed by atoms with Crippen molar-refractivity contribution in [3.05, 3.63) is 34.3 Å². The molecule has 0 aliphatic carbocycles. The zero-order valence-corrected chi connectivity index (χ0v) is 11.6. The second-order valence-electron chi connectivity index (χ2n) is 4.94. The largest absolute Gasteiger partial charge is 0.336 e. The average molecular weight is 267 g/mol. The van der Waals surface area contributed by atoms with Crippen LogP contribution in [0.5, 0.6) is 0 Å². The minimum atomic E-state index is 0.0387. The number of carbonyl (C=O) groups is 1. The van der Waals surface area contributed by atoms with Crippen LogP contribution in [0.4, 0.5) is 0 Å². The molecular weight excluding hydrogens is 248 g/mol. The summed E-state index contributed by atoms with van der Waals surface area (Å²) in [6, 6.07) is 5.75. The minimum Gasteiger partial charge on any atom is -0.336 e. The second kappa shape index (κ2) is 5.72. The number of carbonyl (C=O) groups excluding carboxylic acids is 1. The van der Waals surface area contributed by atoms with E-state index in [2.05, 4.69) is 19.2 Å². The molecule has 0 saturated carbocycles. The Labute approximate surface area is 113 Å². The van der Waals surface area contributed by atoms with E-state index < -0.39 is 0 Å². The van der Waals surface area contributed by atoms with Gasteiger partial charge in [0.05, 0.1) is 10.6 Å². The van der Waals surface area contributed by atoms with Crippen LogP contribution in [-0.2, 0) is 0 Å². The lowest BCUT2D eigenvalue weighted by Crippen LogP contribution is -2.46. The van der Waals surface area contributed by atoms with Gasteiger partial charge in [-0.15, -0.1) is 0 Å². The molecule has 0 radical (unpaired) electrons. The Hall–Kier alpha value is -1.06. The molecule has 0 bridgehead atoms. The van der Waals surface area contributed by atoms with Crippen molar-refractivity contribution in [2.24, 2.45) is 0 Å². The molecule has 0 aromatic heterocycles. The van der Waals surface area contributed by atoms with E-state index in [-0.39, 0.29) is 5.91 Å². The third-order valence-corrected chi connectivity index (χ3v) is 3.61. The van der Waals surface area contributed by atoms with Crippen LogP contribution in [0.15, 0.2) is 18.2 Å². The molecule has 1 aromatic rings. The molecule has 1 fully saturated rings. The van der Waals surface area contributed by atoms with Gasteiger partial charge in [-0.1, -0.05) is 31.5 Å². The fourth-order valence-corrected chi connectivity index (χ4v) is 2.37. The van der Waals surface area contributed by atoms with E-state index >= 15 is 0 Å². The highest BCUT2D eigenvalue weighted by Crippen LogP contribution is 2.24. The first-order chi connectivity index (χ1) is 8.59. The van der Waals surface area contributed by atoms with Crippen LogP contribution in [0.2, 0.25) is 5.02 Å². The van der Waals surface area contributed by atoms with Gasteiger partial charge in [-0.25, -0.2) is 0 Å². The molecule has 1 aliphatic heterocycles. The lowest BCUT2D eigenvalue weighted by Gasteiger charge is -2.27. The Bertz CT molecular complexity index is 439. The first kappa shape index (κ1) is 13.4. The summed E-state index contributed by atoms with van der Waals surface area (Å²) >= 11 is 6.22. The minimum absolute atomic E-state index is 0.0387. The fourth-order valence-electron chi connectivity index (χ4n) is 2.10. The van der Waals surface area contributed by atoms with Gasteiger partial charge in [0, 0.05) is 26.2 Å². The number of rotatable bonds is 2. The Balaban J connectivity index is 2.19. The number of hydrogen-bond donors (Lipinski definition) is 1. The summed E-state index contributed by atoms with van der Waals surface area (Å²) in [5, 5.41) is 3.79. The normalized spacial score (nSPS) is 16.1. The maximum atomic E-state index is 12.3. The van der Waals surface area contributed by atoms with E-state index in [1.165, 1.54) is 0 Å². The standard InChI is InChI=1S/C14H19ClN2O/c1-10(2)11-3-4-12(13(15)9-11)14(18)17-7-5-16-6-8-17/h3-4,9-10,16H,5-8H2,1-2H3. The van der Waals surface area contributed by atoms with Crippen molar-refractivity contribution in [1.29, 1.82) is 0 Å². The van der Waals surface area contributed by atoms with Crippen LogP contribution < -0.4 is 5.32 Å². The highest BCUT2D eigenvalue weighted by Gasteiger charge is 2.20. The fraction of sp³-hybridized carbons (Fsp3) is 0.500. The van der Waals surface area contributed by atoms with Crippen LogP contribution >= 0.6 is 11.6 Å². The van der Waals surface area contributed by atoms with Gasteiger partial charge in [0.1, 0.15) is 0 Å². The summed E-state index contributed by atoms with van der Waals surface area (Å²) in [7, 11) is 0. The van der Waals surface area contributed by atoms with Crippen molar-refractivity contribution in [1.82, 2.24) is 10.2 Å². The third kappa shape index (κ3) is 2.85. The van der Waals surface area contributed by atoms with Crippen molar-refractivity contribution in [3.8, 4) is 0 Å². The molecule has 1 aliphatic rings. The van der Waals surface area contributed by atoms with Gasteiger partial charge in [-0.2, -0.15) is 0 Å². The Morgan fingerprint density at radius 2 is 2.00 bits per heavy atom. The summed E-state index contributed by atoms with van der Waals surface area (Å²) in [6.07, 6.45) is 0. The van der Waals surface area contributed by atoms with Gasteiger partial charge in [0.15, 0.2) is 0 Å². The van der Waals surface area contributed by atoms with Crippen molar-refractivity contribution in [3.63, 3.8) is 0 Å². The monoisotopic (exact) mass is 266 g/mol. The van der Waals surface area contributed by atoms with Gasteiger partial charge >= 0.3 is 0 Å². The number of nitrogens with zero attached hydrogens (tertiary/aromatic N) is 1. The molecule has 1 saturated heterocycles. The molecule has 0 atom stereocenters. The first-order valence-electron chi connectivity index (χ1n) is 6.39. The summed E-state index contributed by atoms with van der Waals surface area (Å²) in [5.41, 5.74) is 1.78. The predicted octanol–water partition coefficient (Wildman–Crippen LogP) is 2.51. The van der Waals surface area contributed by atoms with Gasteiger partial charge < -0.3 is 10.2 Å². The average Bonchev–Trinajstić information content (AvgIpc) is 2.38. The van der Waals surface area contributed by atoms with Crippen LogP contribution in [0.1, 0.15) is 35.7 Å². The molecular formula is C14H19ClN2O. The highest BCUT2D eigenvalue weighted by molar-refractivity contribution is 6.33. The molecule has 98 valence electrons. The Morgan fingerprint density at radius 1 is 1.33 bits per heavy atom. The quantitative estimate of drug-likeness (QED) is 0.892. The number of amides is 1. The zero-order chi connectivity index (χ0) is 13.1. The number of piperazine rings is 1. The summed E-state index contributed by atoms with van der Waals surface area (Å²) < 4.78 is 0. The second-order valence-corrected chi connectivity index (χ2v) is 5.34. The smallest absolute Gasteiger partial charge is 0.255 e. The van der Waals surface area contributed by atoms with Gasteiger partial charge in [-0.05, 0) is 23.6 Å². The Morgan fingerprint density at radius 3 is 2.56 bits per heavy atom. The van der Waals surface area contributed by atoms with E-state index in [1.807, 2.05) is 23.1 Å². The SMILES string of the molecule is CC(C)c1ccc(C(=O)N2CCNCC2)c(Cl)c1. The number of hydrogen-bond acceptors (Lipinski definition) is 2. The highest BCUT2D eigenvalue weighted by atomic mass is 35.5. The number of halogens is 1. The van der Waals surface area contributed by atoms with E-state index in [1.54, 1.807) is 0 Å². The molecule has 1 amide bonds. The molecule has 0 spiro atoms. The van der Waals surface area contributed by atoms with Crippen LogP contribution in [-0.4, -0.2) is 37.0 Å². The molecule has 2 rings (SSSR count). The van der Waals surface area contributed by atoms with Crippen LogP contribution in [0, 0.1) is 0 Å². The molecule has 4 heteroatoms. The predicted molar refractivity (Wildman–Crippen MR) is 74.3 cm³/mol. The summed E-state index contributed by atoms with van der Waals surface area (Å²) in [5.74, 6) is 0.461. The van der Waals surface area contributed by atoms with E-state index in [4.69, 9.17) is 11.6 Å². The lowest BCUT2D eigenvalue weighted by atomic mass is 10.0. The molecule has 18 heavy (non-hydrogen) atoms. The topological polar surface area (TPSA) is 32.3 Å². The van der Waals surface area contributed by atoms with Crippen molar-refractivity contribution in [2.45, 2.75) is 19.8 Å². The lowest BCUT2D eigenvalue weighted by molar-refractivity contribution is 0.0736. The molecule has 3 nitrogen and oxygen atoms in total. The number of benzene rings is 1. The van der Waals surface area contributed by atoms with Crippen molar-refractivity contribution < 1.29 is 4.79 Å². The maximum Gasteiger partial charge on any atom is 0.255 e. The van der Waals surface area contributed by atoms with Crippen LogP contribution in [0.3, 0.4) is 0 Å². The third-order valence-electron chi connectivity index (χ3n) is 3.29. The van der Waals surface area contributed by atoms with E-state index in [0.717, 1.165) is 31.7 Å². The molecule has 1 N–H and O–H groups in total.